The number of hydrogen-bond donors (Lipinski definition) is 2. The Morgan fingerprint density at radius 2 is 2.06 bits per heavy atom. The molecule has 4 heteroatoms. The standard InChI is InChI=1S/C14H29N3O/c1-3-9-16-13(14(15)18)11-17(2)10-12-7-5-4-6-8-12/h12-13,16H,3-11H2,1-2H3,(H2,15,18). The Labute approximate surface area is 111 Å². The van der Waals surface area contributed by atoms with Gasteiger partial charge in [0.05, 0.1) is 6.04 Å². The second-order valence-corrected chi connectivity index (χ2v) is 5.63. The number of hydrogen-bond acceptors (Lipinski definition) is 3. The molecule has 1 saturated carbocycles. The third kappa shape index (κ3) is 5.83. The van der Waals surface area contributed by atoms with Crippen LogP contribution in [0.15, 0.2) is 0 Å². The summed E-state index contributed by atoms with van der Waals surface area (Å²) >= 11 is 0. The Morgan fingerprint density at radius 1 is 1.39 bits per heavy atom. The lowest BCUT2D eigenvalue weighted by Crippen LogP contribution is -2.49. The number of amides is 1. The SMILES string of the molecule is CCCNC(CN(C)CC1CCCCC1)C(N)=O. The van der Waals surface area contributed by atoms with Crippen molar-refractivity contribution >= 4 is 5.91 Å². The maximum Gasteiger partial charge on any atom is 0.235 e. The molecule has 1 rings (SSSR count). The summed E-state index contributed by atoms with van der Waals surface area (Å²) in [6.45, 7) is 4.77. The first kappa shape index (κ1) is 15.4. The lowest BCUT2D eigenvalue weighted by Gasteiger charge is -2.29. The number of carbonyl (C=O) groups is 1. The molecule has 1 amide bonds. The first-order chi connectivity index (χ1) is 8.63. The van der Waals surface area contributed by atoms with E-state index >= 15 is 0 Å². The van der Waals surface area contributed by atoms with E-state index in [9.17, 15) is 4.79 Å². The van der Waals surface area contributed by atoms with Crippen molar-refractivity contribution in [3.8, 4) is 0 Å². The number of nitrogens with one attached hydrogen (secondary N) is 1. The highest BCUT2D eigenvalue weighted by atomic mass is 16.1. The summed E-state index contributed by atoms with van der Waals surface area (Å²) in [6.07, 6.45) is 7.83. The Morgan fingerprint density at radius 3 is 2.61 bits per heavy atom. The van der Waals surface area contributed by atoms with Crippen LogP contribution in [-0.4, -0.2) is 43.5 Å². The van der Waals surface area contributed by atoms with E-state index in [-0.39, 0.29) is 11.9 Å². The summed E-state index contributed by atoms with van der Waals surface area (Å²) in [5.41, 5.74) is 5.43. The minimum atomic E-state index is -0.237. The summed E-state index contributed by atoms with van der Waals surface area (Å²) < 4.78 is 0. The Hall–Kier alpha value is -0.610. The van der Waals surface area contributed by atoms with Crippen LogP contribution in [0.4, 0.5) is 0 Å². The van der Waals surface area contributed by atoms with Crippen molar-refractivity contribution in [1.82, 2.24) is 10.2 Å². The van der Waals surface area contributed by atoms with Crippen LogP contribution < -0.4 is 11.1 Å². The van der Waals surface area contributed by atoms with E-state index < -0.39 is 0 Å². The fraction of sp³-hybridized carbons (Fsp3) is 0.929. The van der Waals surface area contributed by atoms with Crippen LogP contribution in [0.5, 0.6) is 0 Å². The number of rotatable bonds is 8. The van der Waals surface area contributed by atoms with E-state index in [1.807, 2.05) is 0 Å². The third-order valence-corrected chi connectivity index (χ3v) is 3.77. The summed E-state index contributed by atoms with van der Waals surface area (Å²) in [7, 11) is 2.10. The van der Waals surface area contributed by atoms with Crippen molar-refractivity contribution in [3.63, 3.8) is 0 Å². The van der Waals surface area contributed by atoms with Gasteiger partial charge in [-0.15, -0.1) is 0 Å². The van der Waals surface area contributed by atoms with Gasteiger partial charge in [-0.2, -0.15) is 0 Å². The highest BCUT2D eigenvalue weighted by Crippen LogP contribution is 2.24. The van der Waals surface area contributed by atoms with Gasteiger partial charge in [0.15, 0.2) is 0 Å². The van der Waals surface area contributed by atoms with Gasteiger partial charge in [0.1, 0.15) is 0 Å². The fourth-order valence-electron chi connectivity index (χ4n) is 2.77. The molecule has 3 N–H and O–H groups in total. The van der Waals surface area contributed by atoms with E-state index in [1.165, 1.54) is 32.1 Å². The topological polar surface area (TPSA) is 58.4 Å². The van der Waals surface area contributed by atoms with Crippen LogP contribution in [-0.2, 0) is 4.79 Å². The second-order valence-electron chi connectivity index (χ2n) is 5.63. The monoisotopic (exact) mass is 255 g/mol. The van der Waals surface area contributed by atoms with E-state index in [1.54, 1.807) is 0 Å². The maximum atomic E-state index is 11.4. The van der Waals surface area contributed by atoms with E-state index in [2.05, 4.69) is 24.2 Å². The average Bonchev–Trinajstić information content (AvgIpc) is 2.35. The molecule has 0 heterocycles. The van der Waals surface area contributed by atoms with Gasteiger partial charge in [-0.1, -0.05) is 26.2 Å². The van der Waals surface area contributed by atoms with Gasteiger partial charge in [-0.25, -0.2) is 0 Å². The molecule has 1 unspecified atom stereocenters. The summed E-state index contributed by atoms with van der Waals surface area (Å²) in [4.78, 5) is 13.6. The van der Waals surface area contributed by atoms with Crippen LogP contribution in [0.3, 0.4) is 0 Å². The van der Waals surface area contributed by atoms with Crippen LogP contribution in [0, 0.1) is 5.92 Å². The molecule has 1 aliphatic rings. The van der Waals surface area contributed by atoms with Crippen molar-refractivity contribution < 1.29 is 4.79 Å². The lowest BCUT2D eigenvalue weighted by molar-refractivity contribution is -0.120. The molecule has 0 aliphatic heterocycles. The Bertz CT molecular complexity index is 239. The van der Waals surface area contributed by atoms with Crippen molar-refractivity contribution in [2.75, 3.05) is 26.7 Å². The quantitative estimate of drug-likeness (QED) is 0.688. The van der Waals surface area contributed by atoms with Crippen molar-refractivity contribution in [2.45, 2.75) is 51.5 Å². The molecule has 0 saturated heterocycles. The van der Waals surface area contributed by atoms with Gasteiger partial charge in [0.2, 0.25) is 5.91 Å². The smallest absolute Gasteiger partial charge is 0.235 e. The highest BCUT2D eigenvalue weighted by Gasteiger charge is 2.20. The molecule has 0 bridgehead atoms. The van der Waals surface area contributed by atoms with Gasteiger partial charge in [0.25, 0.3) is 0 Å². The molecule has 1 atom stereocenters. The summed E-state index contributed by atoms with van der Waals surface area (Å²) in [5.74, 6) is 0.572. The number of nitrogens with zero attached hydrogens (tertiary/aromatic N) is 1. The van der Waals surface area contributed by atoms with E-state index in [0.29, 0.717) is 0 Å². The van der Waals surface area contributed by atoms with Crippen molar-refractivity contribution in [2.24, 2.45) is 11.7 Å². The van der Waals surface area contributed by atoms with Crippen LogP contribution in [0.2, 0.25) is 0 Å². The molecule has 4 nitrogen and oxygen atoms in total. The zero-order valence-corrected chi connectivity index (χ0v) is 12.0. The molecule has 18 heavy (non-hydrogen) atoms. The molecule has 0 radical (unpaired) electrons. The van der Waals surface area contributed by atoms with Gasteiger partial charge >= 0.3 is 0 Å². The Kier molecular flexibility index (Phi) is 7.28. The van der Waals surface area contributed by atoms with Gasteiger partial charge in [-0.3, -0.25) is 4.79 Å². The molecule has 0 aromatic rings. The first-order valence-corrected chi connectivity index (χ1v) is 7.34. The van der Waals surface area contributed by atoms with Crippen molar-refractivity contribution in [1.29, 1.82) is 0 Å². The fourth-order valence-corrected chi connectivity index (χ4v) is 2.77. The van der Waals surface area contributed by atoms with Gasteiger partial charge < -0.3 is 16.0 Å². The molecule has 0 aromatic heterocycles. The second kappa shape index (κ2) is 8.48. The zero-order chi connectivity index (χ0) is 13.4. The number of nitrogens with two attached hydrogens (primary N) is 1. The predicted octanol–water partition coefficient (Wildman–Crippen LogP) is 1.35. The van der Waals surface area contributed by atoms with Crippen LogP contribution in [0.25, 0.3) is 0 Å². The summed E-state index contributed by atoms with van der Waals surface area (Å²) in [6, 6.07) is -0.210. The zero-order valence-electron chi connectivity index (χ0n) is 12.0. The predicted molar refractivity (Wildman–Crippen MR) is 75.3 cm³/mol. The van der Waals surface area contributed by atoms with E-state index in [0.717, 1.165) is 32.0 Å². The summed E-state index contributed by atoms with van der Waals surface area (Å²) in [5, 5.41) is 3.22. The molecule has 106 valence electrons. The molecular formula is C14H29N3O. The van der Waals surface area contributed by atoms with Crippen LogP contribution in [0.1, 0.15) is 45.4 Å². The van der Waals surface area contributed by atoms with Gasteiger partial charge in [0, 0.05) is 13.1 Å². The van der Waals surface area contributed by atoms with E-state index in [4.69, 9.17) is 5.73 Å². The maximum absolute atomic E-state index is 11.4. The minimum absolute atomic E-state index is 0.210. The lowest BCUT2D eigenvalue weighted by atomic mass is 9.89. The molecule has 0 spiro atoms. The number of primary amides is 1. The highest BCUT2D eigenvalue weighted by molar-refractivity contribution is 5.80. The number of likely N-dealkylation sites (N-methyl/N-ethyl adjacent to an activating group) is 1. The first-order valence-electron chi connectivity index (χ1n) is 7.34. The molecule has 1 aliphatic carbocycles. The normalized spacial score (nSPS) is 19.1. The van der Waals surface area contributed by atoms with Gasteiger partial charge in [-0.05, 0) is 38.8 Å². The number of carbonyl (C=O) groups excluding carboxylic acids is 1. The molecular weight excluding hydrogens is 226 g/mol. The minimum Gasteiger partial charge on any atom is -0.368 e. The largest absolute Gasteiger partial charge is 0.368 e. The molecule has 0 aromatic carbocycles. The third-order valence-electron chi connectivity index (χ3n) is 3.77. The molecule has 1 fully saturated rings. The average molecular weight is 255 g/mol. The Balaban J connectivity index is 2.30. The van der Waals surface area contributed by atoms with Crippen molar-refractivity contribution in [3.05, 3.63) is 0 Å². The van der Waals surface area contributed by atoms with Crippen LogP contribution >= 0.6 is 0 Å².